The molecule has 1 aromatic carbocycles. The van der Waals surface area contributed by atoms with Crippen LogP contribution in [0.1, 0.15) is 23.2 Å². The first-order valence-electron chi connectivity index (χ1n) is 7.51. The number of nitrogens with zero attached hydrogens (tertiary/aromatic N) is 1. The maximum atomic E-state index is 12.6. The van der Waals surface area contributed by atoms with Gasteiger partial charge in [0.05, 0.1) is 0 Å². The Morgan fingerprint density at radius 2 is 2.14 bits per heavy atom. The predicted molar refractivity (Wildman–Crippen MR) is 89.9 cm³/mol. The van der Waals surface area contributed by atoms with Crippen LogP contribution in [-0.2, 0) is 4.79 Å². The normalized spacial score (nSPS) is 19.0. The van der Waals surface area contributed by atoms with Gasteiger partial charge < -0.3 is 16.0 Å². The molecule has 0 radical (unpaired) electrons. The van der Waals surface area contributed by atoms with E-state index in [2.05, 4.69) is 5.32 Å². The molecule has 0 bridgehead atoms. The molecule has 2 rings (SSSR count). The number of thioether (sulfide) groups is 1. The minimum Gasteiger partial charge on any atom is -0.340 e. The second kappa shape index (κ2) is 8.19. The van der Waals surface area contributed by atoms with Crippen LogP contribution in [-0.4, -0.2) is 53.9 Å². The van der Waals surface area contributed by atoms with Crippen molar-refractivity contribution in [2.75, 3.05) is 25.1 Å². The zero-order valence-corrected chi connectivity index (χ0v) is 13.6. The molecule has 0 saturated carbocycles. The topological polar surface area (TPSA) is 75.4 Å². The molecule has 120 valence electrons. The molecular formula is C16H23N3O2S. The van der Waals surface area contributed by atoms with Crippen LogP contribution >= 0.6 is 11.8 Å². The number of nitrogens with two attached hydrogens (primary N) is 1. The van der Waals surface area contributed by atoms with E-state index in [-0.39, 0.29) is 17.9 Å². The van der Waals surface area contributed by atoms with E-state index in [1.54, 1.807) is 28.8 Å². The van der Waals surface area contributed by atoms with Crippen molar-refractivity contribution in [1.82, 2.24) is 10.2 Å². The van der Waals surface area contributed by atoms with Crippen LogP contribution in [0.25, 0.3) is 0 Å². The second-order valence-corrected chi connectivity index (χ2v) is 6.49. The van der Waals surface area contributed by atoms with Gasteiger partial charge in [-0.2, -0.15) is 11.8 Å². The summed E-state index contributed by atoms with van der Waals surface area (Å²) in [6.45, 7) is 1.26. The van der Waals surface area contributed by atoms with Gasteiger partial charge in [0.2, 0.25) is 5.91 Å². The van der Waals surface area contributed by atoms with Gasteiger partial charge in [0.25, 0.3) is 5.91 Å². The summed E-state index contributed by atoms with van der Waals surface area (Å²) in [6.07, 6.45) is 3.45. The third-order valence-corrected chi connectivity index (χ3v) is 4.43. The SMILES string of the molecule is CSCCC(NC(=O)c1ccccc1)C(=O)N1CC[C@@H](N)C1. The van der Waals surface area contributed by atoms with Gasteiger partial charge in [-0.25, -0.2) is 0 Å². The van der Waals surface area contributed by atoms with Gasteiger partial charge >= 0.3 is 0 Å². The number of amides is 2. The van der Waals surface area contributed by atoms with E-state index in [9.17, 15) is 9.59 Å². The summed E-state index contributed by atoms with van der Waals surface area (Å²) in [4.78, 5) is 26.7. The molecule has 0 aliphatic carbocycles. The summed E-state index contributed by atoms with van der Waals surface area (Å²) in [6, 6.07) is 8.55. The molecule has 3 N–H and O–H groups in total. The molecule has 6 heteroatoms. The molecule has 1 saturated heterocycles. The van der Waals surface area contributed by atoms with Crippen LogP contribution in [0, 0.1) is 0 Å². The lowest BCUT2D eigenvalue weighted by atomic mass is 10.1. The minimum atomic E-state index is -0.481. The van der Waals surface area contributed by atoms with E-state index in [4.69, 9.17) is 5.73 Å². The average molecular weight is 321 g/mol. The Morgan fingerprint density at radius 3 is 2.73 bits per heavy atom. The van der Waals surface area contributed by atoms with E-state index in [1.165, 1.54) is 0 Å². The molecule has 1 aliphatic heterocycles. The van der Waals surface area contributed by atoms with Crippen molar-refractivity contribution in [2.45, 2.75) is 24.9 Å². The van der Waals surface area contributed by atoms with Gasteiger partial charge in [-0.1, -0.05) is 18.2 Å². The van der Waals surface area contributed by atoms with E-state index >= 15 is 0 Å². The Balaban J connectivity index is 2.02. The van der Waals surface area contributed by atoms with E-state index in [0.717, 1.165) is 12.2 Å². The van der Waals surface area contributed by atoms with E-state index < -0.39 is 6.04 Å². The van der Waals surface area contributed by atoms with Crippen molar-refractivity contribution in [2.24, 2.45) is 5.73 Å². The lowest BCUT2D eigenvalue weighted by molar-refractivity contribution is -0.132. The molecule has 2 amide bonds. The standard InChI is InChI=1S/C16H23N3O2S/c1-22-10-8-14(16(21)19-9-7-13(17)11-19)18-15(20)12-5-3-2-4-6-12/h2-6,13-14H,7-11,17H2,1H3,(H,18,20)/t13-,14?/m1/s1. The molecule has 5 nitrogen and oxygen atoms in total. The number of nitrogens with one attached hydrogen (secondary N) is 1. The Bertz CT molecular complexity index is 509. The van der Waals surface area contributed by atoms with Gasteiger partial charge in [0.1, 0.15) is 6.04 Å². The van der Waals surface area contributed by atoms with E-state index in [1.807, 2.05) is 24.5 Å². The molecular weight excluding hydrogens is 298 g/mol. The van der Waals surface area contributed by atoms with Gasteiger partial charge in [-0.3, -0.25) is 9.59 Å². The fraction of sp³-hybridized carbons (Fsp3) is 0.500. The molecule has 1 unspecified atom stereocenters. The summed E-state index contributed by atoms with van der Waals surface area (Å²) in [5.41, 5.74) is 6.44. The first kappa shape index (κ1) is 16.8. The summed E-state index contributed by atoms with van der Waals surface area (Å²) in [5.74, 6) is 0.598. The van der Waals surface area contributed by atoms with Crippen LogP contribution < -0.4 is 11.1 Å². The predicted octanol–water partition coefficient (Wildman–Crippen LogP) is 1.10. The van der Waals surface area contributed by atoms with Crippen LogP contribution in [0.5, 0.6) is 0 Å². The van der Waals surface area contributed by atoms with Crippen molar-refractivity contribution in [1.29, 1.82) is 0 Å². The summed E-state index contributed by atoms with van der Waals surface area (Å²) < 4.78 is 0. The van der Waals surface area contributed by atoms with Gasteiger partial charge in [-0.15, -0.1) is 0 Å². The Morgan fingerprint density at radius 1 is 1.41 bits per heavy atom. The molecule has 1 aliphatic rings. The van der Waals surface area contributed by atoms with Crippen LogP contribution in [0.15, 0.2) is 30.3 Å². The number of carbonyl (C=O) groups excluding carboxylic acids is 2. The highest BCUT2D eigenvalue weighted by Crippen LogP contribution is 2.12. The smallest absolute Gasteiger partial charge is 0.251 e. The molecule has 1 fully saturated rings. The molecule has 0 aromatic heterocycles. The number of benzene rings is 1. The van der Waals surface area contributed by atoms with Gasteiger partial charge in [-0.05, 0) is 37.0 Å². The Hall–Kier alpha value is -1.53. The lowest BCUT2D eigenvalue weighted by Gasteiger charge is -2.24. The maximum absolute atomic E-state index is 12.6. The summed E-state index contributed by atoms with van der Waals surface area (Å²) in [7, 11) is 0. The van der Waals surface area contributed by atoms with Crippen LogP contribution in [0.3, 0.4) is 0 Å². The maximum Gasteiger partial charge on any atom is 0.251 e. The highest BCUT2D eigenvalue weighted by molar-refractivity contribution is 7.98. The molecule has 22 heavy (non-hydrogen) atoms. The lowest BCUT2D eigenvalue weighted by Crippen LogP contribution is -2.48. The van der Waals surface area contributed by atoms with Crippen molar-refractivity contribution in [3.8, 4) is 0 Å². The Kier molecular flexibility index (Phi) is 6.27. The molecule has 0 spiro atoms. The summed E-state index contributed by atoms with van der Waals surface area (Å²) >= 11 is 1.67. The third kappa shape index (κ3) is 4.48. The zero-order valence-electron chi connectivity index (χ0n) is 12.8. The monoisotopic (exact) mass is 321 g/mol. The number of hydrogen-bond acceptors (Lipinski definition) is 4. The third-order valence-electron chi connectivity index (χ3n) is 3.79. The van der Waals surface area contributed by atoms with Crippen molar-refractivity contribution in [3.63, 3.8) is 0 Å². The second-order valence-electron chi connectivity index (χ2n) is 5.51. The number of hydrogen-bond donors (Lipinski definition) is 2. The first-order valence-corrected chi connectivity index (χ1v) is 8.90. The zero-order chi connectivity index (χ0) is 15.9. The average Bonchev–Trinajstić information content (AvgIpc) is 2.98. The van der Waals surface area contributed by atoms with Crippen molar-refractivity contribution < 1.29 is 9.59 Å². The minimum absolute atomic E-state index is 0.0220. The van der Waals surface area contributed by atoms with Crippen LogP contribution in [0.4, 0.5) is 0 Å². The number of carbonyl (C=O) groups is 2. The van der Waals surface area contributed by atoms with E-state index in [0.29, 0.717) is 25.1 Å². The highest BCUT2D eigenvalue weighted by atomic mass is 32.2. The molecule has 2 atom stereocenters. The Labute approximate surface area is 135 Å². The van der Waals surface area contributed by atoms with Crippen molar-refractivity contribution in [3.05, 3.63) is 35.9 Å². The fourth-order valence-corrected chi connectivity index (χ4v) is 3.00. The number of likely N-dealkylation sites (tertiary alicyclic amines) is 1. The highest BCUT2D eigenvalue weighted by Gasteiger charge is 2.30. The largest absolute Gasteiger partial charge is 0.340 e. The first-order chi connectivity index (χ1) is 10.6. The van der Waals surface area contributed by atoms with Gasteiger partial charge in [0.15, 0.2) is 0 Å². The van der Waals surface area contributed by atoms with Crippen LogP contribution in [0.2, 0.25) is 0 Å². The molecule has 1 heterocycles. The fourth-order valence-electron chi connectivity index (χ4n) is 2.53. The van der Waals surface area contributed by atoms with Gasteiger partial charge in [0, 0.05) is 24.7 Å². The number of rotatable bonds is 6. The van der Waals surface area contributed by atoms with Crippen molar-refractivity contribution >= 4 is 23.6 Å². The quantitative estimate of drug-likeness (QED) is 0.823. The summed E-state index contributed by atoms with van der Waals surface area (Å²) in [5, 5.41) is 2.88. The molecule has 1 aromatic rings.